The maximum absolute atomic E-state index is 13.3. The number of methoxy groups -OCH3 is 1. The summed E-state index contributed by atoms with van der Waals surface area (Å²) in [6.45, 7) is 2.75. The van der Waals surface area contributed by atoms with Crippen LogP contribution < -0.4 is 24.4 Å². The summed E-state index contributed by atoms with van der Waals surface area (Å²) in [5.41, 5.74) is 3.83. The lowest BCUT2D eigenvalue weighted by atomic mass is 10.1. The number of anilines is 1. The lowest BCUT2D eigenvalue weighted by Crippen LogP contribution is -2.54. The maximum atomic E-state index is 13.3. The quantitative estimate of drug-likeness (QED) is 0.209. The number of barbiturate groups is 1. The topological polar surface area (TPSA) is 94.2 Å². The molecule has 1 fully saturated rings. The molecule has 0 unspecified atom stereocenters. The molecule has 0 bridgehead atoms. The number of urea groups is 1. The molecule has 0 spiro atoms. The van der Waals surface area contributed by atoms with E-state index in [1.807, 2.05) is 61.5 Å². The average Bonchev–Trinajstić information content (AvgIpc) is 2.99. The number of rotatable bonds is 9. The number of carbonyl (C=O) groups is 3. The number of ether oxygens (including phenoxy) is 3. The molecular weight excluding hydrogens is 520 g/mol. The lowest BCUT2D eigenvalue weighted by Gasteiger charge is -2.26. The van der Waals surface area contributed by atoms with E-state index >= 15 is 0 Å². The van der Waals surface area contributed by atoms with Gasteiger partial charge in [0, 0.05) is 0 Å². The smallest absolute Gasteiger partial charge is 0.335 e. The average molecular weight is 549 g/mol. The Balaban J connectivity index is 1.31. The van der Waals surface area contributed by atoms with Crippen LogP contribution in [0.15, 0.2) is 103 Å². The highest BCUT2D eigenvalue weighted by Gasteiger charge is 2.36. The zero-order valence-electron chi connectivity index (χ0n) is 22.6. The van der Waals surface area contributed by atoms with Gasteiger partial charge in [0.15, 0.2) is 11.5 Å². The van der Waals surface area contributed by atoms with E-state index in [1.54, 1.807) is 42.5 Å². The van der Waals surface area contributed by atoms with E-state index in [-0.39, 0.29) is 5.57 Å². The summed E-state index contributed by atoms with van der Waals surface area (Å²) in [5, 5.41) is 2.24. The first-order valence-electron chi connectivity index (χ1n) is 13.0. The van der Waals surface area contributed by atoms with Gasteiger partial charge in [-0.15, -0.1) is 0 Å². The van der Waals surface area contributed by atoms with Crippen molar-refractivity contribution in [3.05, 3.63) is 125 Å². The summed E-state index contributed by atoms with van der Waals surface area (Å²) in [4.78, 5) is 39.6. The van der Waals surface area contributed by atoms with Gasteiger partial charge in [-0.1, -0.05) is 66.2 Å². The maximum Gasteiger partial charge on any atom is 0.335 e. The Labute approximate surface area is 237 Å². The molecule has 5 rings (SSSR count). The largest absolute Gasteiger partial charge is 0.493 e. The van der Waals surface area contributed by atoms with E-state index in [0.717, 1.165) is 16.0 Å². The summed E-state index contributed by atoms with van der Waals surface area (Å²) >= 11 is 0. The van der Waals surface area contributed by atoms with Crippen LogP contribution in [0.1, 0.15) is 22.3 Å². The number of hydrogen-bond acceptors (Lipinski definition) is 6. The van der Waals surface area contributed by atoms with Gasteiger partial charge in [-0.25, -0.2) is 9.69 Å². The van der Waals surface area contributed by atoms with Crippen LogP contribution in [0.2, 0.25) is 0 Å². The molecule has 4 amide bonds. The number of nitrogens with zero attached hydrogens (tertiary/aromatic N) is 1. The summed E-state index contributed by atoms with van der Waals surface area (Å²) in [6, 6.07) is 28.5. The van der Waals surface area contributed by atoms with E-state index in [1.165, 1.54) is 18.7 Å². The third-order valence-electron chi connectivity index (χ3n) is 6.46. The third-order valence-corrected chi connectivity index (χ3v) is 6.46. The molecule has 8 heteroatoms. The first kappa shape index (κ1) is 27.2. The fourth-order valence-electron chi connectivity index (χ4n) is 4.23. The van der Waals surface area contributed by atoms with Crippen molar-refractivity contribution in [2.75, 3.05) is 12.0 Å². The first-order valence-corrected chi connectivity index (χ1v) is 13.0. The lowest BCUT2D eigenvalue weighted by molar-refractivity contribution is -0.122. The van der Waals surface area contributed by atoms with Gasteiger partial charge >= 0.3 is 6.03 Å². The molecule has 4 aromatic carbocycles. The molecule has 0 atom stereocenters. The van der Waals surface area contributed by atoms with Gasteiger partial charge < -0.3 is 14.2 Å². The summed E-state index contributed by atoms with van der Waals surface area (Å²) in [7, 11) is 1.51. The number of aryl methyl sites for hydroxylation is 1. The van der Waals surface area contributed by atoms with Crippen LogP contribution in [-0.2, 0) is 22.8 Å². The van der Waals surface area contributed by atoms with Crippen LogP contribution in [0, 0.1) is 6.92 Å². The molecule has 41 heavy (non-hydrogen) atoms. The van der Waals surface area contributed by atoms with Crippen LogP contribution >= 0.6 is 0 Å². The van der Waals surface area contributed by atoms with Gasteiger partial charge in [0.1, 0.15) is 24.5 Å². The SMILES string of the molecule is COc1cc(/C=C2\C(=O)NC(=O)N(c3ccc(OCc4ccc(C)cc4)cc3)C2=O)ccc1OCc1ccccc1. The van der Waals surface area contributed by atoms with Gasteiger partial charge in [0.25, 0.3) is 11.8 Å². The fourth-order valence-corrected chi connectivity index (χ4v) is 4.23. The predicted octanol–water partition coefficient (Wildman–Crippen LogP) is 5.83. The second-order valence-corrected chi connectivity index (χ2v) is 9.41. The van der Waals surface area contributed by atoms with Gasteiger partial charge in [-0.2, -0.15) is 0 Å². The van der Waals surface area contributed by atoms with Crippen molar-refractivity contribution in [1.82, 2.24) is 5.32 Å². The highest BCUT2D eigenvalue weighted by atomic mass is 16.5. The first-order chi connectivity index (χ1) is 19.9. The molecule has 0 aliphatic carbocycles. The van der Waals surface area contributed by atoms with E-state index in [4.69, 9.17) is 14.2 Å². The molecule has 0 aromatic heterocycles. The molecule has 0 saturated carbocycles. The Hall–Kier alpha value is -5.37. The van der Waals surface area contributed by atoms with Crippen molar-refractivity contribution in [2.45, 2.75) is 20.1 Å². The van der Waals surface area contributed by atoms with Crippen molar-refractivity contribution in [3.8, 4) is 17.2 Å². The number of carbonyl (C=O) groups excluding carboxylic acids is 3. The van der Waals surface area contributed by atoms with Crippen LogP contribution in [0.25, 0.3) is 6.08 Å². The van der Waals surface area contributed by atoms with Gasteiger partial charge in [-0.3, -0.25) is 14.9 Å². The number of benzene rings is 4. The van der Waals surface area contributed by atoms with Crippen LogP contribution in [0.4, 0.5) is 10.5 Å². The number of hydrogen-bond donors (Lipinski definition) is 1. The monoisotopic (exact) mass is 548 g/mol. The zero-order valence-corrected chi connectivity index (χ0v) is 22.6. The van der Waals surface area contributed by atoms with Gasteiger partial charge in [-0.05, 0) is 66.1 Å². The standard InChI is InChI=1S/C33H28N2O6/c1-22-8-10-24(11-9-22)20-40-27-15-13-26(14-16-27)35-32(37)28(31(36)34-33(35)38)18-25-12-17-29(30(19-25)39-2)41-21-23-6-4-3-5-7-23/h3-19H,20-21H2,1-2H3,(H,34,36,38)/b28-18+. The van der Waals surface area contributed by atoms with Crippen LogP contribution in [0.5, 0.6) is 17.2 Å². The van der Waals surface area contributed by atoms with E-state index in [9.17, 15) is 14.4 Å². The minimum Gasteiger partial charge on any atom is -0.493 e. The Kier molecular flexibility index (Phi) is 8.10. The fraction of sp³-hybridized carbons (Fsp3) is 0.121. The van der Waals surface area contributed by atoms with Crippen molar-refractivity contribution < 1.29 is 28.6 Å². The molecule has 8 nitrogen and oxygen atoms in total. The molecule has 1 heterocycles. The van der Waals surface area contributed by atoms with E-state index in [0.29, 0.717) is 41.7 Å². The zero-order chi connectivity index (χ0) is 28.8. The van der Waals surface area contributed by atoms with Crippen molar-refractivity contribution >= 4 is 29.6 Å². The van der Waals surface area contributed by atoms with Crippen molar-refractivity contribution in [3.63, 3.8) is 0 Å². The molecular formula is C33H28N2O6. The molecule has 206 valence electrons. The van der Waals surface area contributed by atoms with Crippen LogP contribution in [-0.4, -0.2) is 25.0 Å². The predicted molar refractivity (Wildman–Crippen MR) is 155 cm³/mol. The molecule has 1 saturated heterocycles. The van der Waals surface area contributed by atoms with Crippen LogP contribution in [0.3, 0.4) is 0 Å². The van der Waals surface area contributed by atoms with Gasteiger partial charge in [0.05, 0.1) is 12.8 Å². The number of amides is 4. The van der Waals surface area contributed by atoms with E-state index in [2.05, 4.69) is 5.32 Å². The highest BCUT2D eigenvalue weighted by Crippen LogP contribution is 2.31. The normalized spacial score (nSPS) is 14.1. The van der Waals surface area contributed by atoms with E-state index < -0.39 is 17.8 Å². The molecule has 1 N–H and O–H groups in total. The third kappa shape index (κ3) is 6.45. The van der Waals surface area contributed by atoms with Crippen molar-refractivity contribution in [1.29, 1.82) is 0 Å². The Morgan fingerprint density at radius 3 is 2.15 bits per heavy atom. The molecule has 1 aliphatic rings. The summed E-state index contributed by atoms with van der Waals surface area (Å²) in [5.74, 6) is 0.00772. The second kappa shape index (κ2) is 12.2. The number of nitrogens with one attached hydrogen (secondary N) is 1. The Morgan fingerprint density at radius 1 is 0.756 bits per heavy atom. The number of imide groups is 2. The molecule has 4 aromatic rings. The summed E-state index contributed by atoms with van der Waals surface area (Å²) < 4.78 is 17.2. The van der Waals surface area contributed by atoms with Gasteiger partial charge in [0.2, 0.25) is 0 Å². The Morgan fingerprint density at radius 2 is 1.44 bits per heavy atom. The van der Waals surface area contributed by atoms with Crippen molar-refractivity contribution in [2.24, 2.45) is 0 Å². The minimum atomic E-state index is -0.826. The molecule has 0 radical (unpaired) electrons. The summed E-state index contributed by atoms with van der Waals surface area (Å²) in [6.07, 6.45) is 1.42. The minimum absolute atomic E-state index is 0.190. The Bertz CT molecular complexity index is 1600. The molecule has 1 aliphatic heterocycles. The highest BCUT2D eigenvalue weighted by molar-refractivity contribution is 6.39. The second-order valence-electron chi connectivity index (χ2n) is 9.41.